The minimum Gasteiger partial charge on any atom is -0.493 e. The first-order valence-electron chi connectivity index (χ1n) is 9.64. The molecule has 0 radical (unpaired) electrons. The summed E-state index contributed by atoms with van der Waals surface area (Å²) in [5.41, 5.74) is 0.957. The van der Waals surface area contributed by atoms with E-state index in [1.54, 1.807) is 19.2 Å². The van der Waals surface area contributed by atoms with Gasteiger partial charge in [-0.1, -0.05) is 30.3 Å². The summed E-state index contributed by atoms with van der Waals surface area (Å²) in [5.74, 6) is 0.598. The number of benzene rings is 2. The van der Waals surface area contributed by atoms with E-state index in [0.29, 0.717) is 29.4 Å². The lowest BCUT2D eigenvalue weighted by Gasteiger charge is -2.24. The second-order valence-corrected chi connectivity index (χ2v) is 7.94. The highest BCUT2D eigenvalue weighted by Crippen LogP contribution is 2.39. The number of nitrogens with zero attached hydrogens (tertiary/aromatic N) is 1. The SMILES string of the molecule is COc1cc(C(=O)N(C)CC(=O)NC(C)(C)C)cc(OC)c1OCc1ccccc1. The number of ether oxygens (including phenoxy) is 3. The third-order valence-electron chi connectivity index (χ3n) is 4.18. The summed E-state index contributed by atoms with van der Waals surface area (Å²) in [6, 6.07) is 12.9. The fraction of sp³-hybridized carbons (Fsp3) is 0.391. The molecule has 0 fully saturated rings. The van der Waals surface area contributed by atoms with E-state index in [2.05, 4.69) is 5.32 Å². The first-order chi connectivity index (χ1) is 14.1. The molecule has 0 heterocycles. The number of nitrogens with one attached hydrogen (secondary N) is 1. The lowest BCUT2D eigenvalue weighted by molar-refractivity contribution is -0.122. The monoisotopic (exact) mass is 414 g/mol. The molecule has 0 unspecified atom stereocenters. The number of rotatable bonds is 8. The molecule has 0 atom stereocenters. The largest absolute Gasteiger partial charge is 0.493 e. The molecule has 7 nitrogen and oxygen atoms in total. The highest BCUT2D eigenvalue weighted by molar-refractivity contribution is 5.97. The van der Waals surface area contributed by atoms with E-state index in [4.69, 9.17) is 14.2 Å². The number of methoxy groups -OCH3 is 2. The Bertz CT molecular complexity index is 850. The summed E-state index contributed by atoms with van der Waals surface area (Å²) in [5, 5.41) is 2.84. The molecule has 1 N–H and O–H groups in total. The van der Waals surface area contributed by atoms with Crippen LogP contribution < -0.4 is 19.5 Å². The van der Waals surface area contributed by atoms with Gasteiger partial charge in [0.15, 0.2) is 11.5 Å². The van der Waals surface area contributed by atoms with Crippen LogP contribution in [0.15, 0.2) is 42.5 Å². The van der Waals surface area contributed by atoms with E-state index in [9.17, 15) is 9.59 Å². The molecule has 2 aromatic rings. The molecule has 0 aliphatic carbocycles. The Morgan fingerprint density at radius 1 is 1.00 bits per heavy atom. The van der Waals surface area contributed by atoms with Gasteiger partial charge in [-0.3, -0.25) is 9.59 Å². The molecule has 2 rings (SSSR count). The summed E-state index contributed by atoms with van der Waals surface area (Å²) in [7, 11) is 4.57. The van der Waals surface area contributed by atoms with Gasteiger partial charge in [0.1, 0.15) is 6.61 Å². The van der Waals surface area contributed by atoms with Crippen molar-refractivity contribution in [2.45, 2.75) is 32.9 Å². The van der Waals surface area contributed by atoms with Crippen molar-refractivity contribution in [2.24, 2.45) is 0 Å². The minimum atomic E-state index is -0.370. The fourth-order valence-corrected chi connectivity index (χ4v) is 2.84. The predicted octanol–water partition coefficient (Wildman–Crippen LogP) is 3.27. The molecular weight excluding hydrogens is 384 g/mol. The molecule has 0 aliphatic rings. The highest BCUT2D eigenvalue weighted by atomic mass is 16.5. The number of carbonyl (C=O) groups excluding carboxylic acids is 2. The normalized spacial score (nSPS) is 10.9. The number of hydrogen-bond donors (Lipinski definition) is 1. The van der Waals surface area contributed by atoms with Crippen LogP contribution in [0.2, 0.25) is 0 Å². The van der Waals surface area contributed by atoms with E-state index in [1.807, 2.05) is 51.1 Å². The average Bonchev–Trinajstić information content (AvgIpc) is 2.70. The predicted molar refractivity (Wildman–Crippen MR) is 115 cm³/mol. The number of carbonyl (C=O) groups is 2. The van der Waals surface area contributed by atoms with Crippen molar-refractivity contribution in [3.8, 4) is 17.2 Å². The molecule has 7 heteroatoms. The molecule has 0 bridgehead atoms. The second-order valence-electron chi connectivity index (χ2n) is 7.94. The maximum atomic E-state index is 12.9. The van der Waals surface area contributed by atoms with Crippen molar-refractivity contribution in [3.05, 3.63) is 53.6 Å². The summed E-state index contributed by atoms with van der Waals surface area (Å²) in [4.78, 5) is 26.4. The van der Waals surface area contributed by atoms with Gasteiger partial charge in [-0.15, -0.1) is 0 Å². The first-order valence-corrected chi connectivity index (χ1v) is 9.64. The highest BCUT2D eigenvalue weighted by Gasteiger charge is 2.22. The molecular formula is C23H30N2O5. The van der Waals surface area contributed by atoms with Gasteiger partial charge in [0.25, 0.3) is 5.91 Å². The number of likely N-dealkylation sites (N-methyl/N-ethyl adjacent to an activating group) is 1. The Kier molecular flexibility index (Phi) is 7.69. The third-order valence-corrected chi connectivity index (χ3v) is 4.18. The van der Waals surface area contributed by atoms with Gasteiger partial charge in [0.05, 0.1) is 20.8 Å². The van der Waals surface area contributed by atoms with Gasteiger partial charge in [-0.05, 0) is 38.5 Å². The Balaban J connectivity index is 2.20. The summed E-state index contributed by atoms with van der Waals surface area (Å²) in [6.45, 7) is 5.92. The van der Waals surface area contributed by atoms with Crippen LogP contribution in [0.1, 0.15) is 36.7 Å². The molecule has 30 heavy (non-hydrogen) atoms. The zero-order valence-electron chi connectivity index (χ0n) is 18.4. The van der Waals surface area contributed by atoms with Crippen molar-refractivity contribution in [1.82, 2.24) is 10.2 Å². The standard InChI is InChI=1S/C23H30N2O5/c1-23(2,3)24-20(26)14-25(4)22(27)17-12-18(28-5)21(19(13-17)29-6)30-15-16-10-8-7-9-11-16/h7-13H,14-15H2,1-6H3,(H,24,26). The molecule has 0 saturated carbocycles. The van der Waals surface area contributed by atoms with Crippen LogP contribution in [-0.2, 0) is 11.4 Å². The molecule has 0 aromatic heterocycles. The van der Waals surface area contributed by atoms with Crippen molar-refractivity contribution < 1.29 is 23.8 Å². The van der Waals surface area contributed by atoms with Crippen molar-refractivity contribution in [3.63, 3.8) is 0 Å². The molecule has 0 saturated heterocycles. The van der Waals surface area contributed by atoms with Gasteiger partial charge in [0.2, 0.25) is 11.7 Å². The van der Waals surface area contributed by atoms with Crippen LogP contribution >= 0.6 is 0 Å². The lowest BCUT2D eigenvalue weighted by atomic mass is 10.1. The van der Waals surface area contributed by atoms with Crippen LogP contribution in [0.5, 0.6) is 17.2 Å². The van der Waals surface area contributed by atoms with Crippen LogP contribution in [-0.4, -0.2) is 50.1 Å². The van der Waals surface area contributed by atoms with Crippen molar-refractivity contribution >= 4 is 11.8 Å². The Morgan fingerprint density at radius 3 is 2.07 bits per heavy atom. The van der Waals surface area contributed by atoms with E-state index in [1.165, 1.54) is 19.1 Å². The van der Waals surface area contributed by atoms with Gasteiger partial charge < -0.3 is 24.4 Å². The lowest BCUT2D eigenvalue weighted by Crippen LogP contribution is -2.46. The topological polar surface area (TPSA) is 77.1 Å². The van der Waals surface area contributed by atoms with Crippen LogP contribution in [0, 0.1) is 0 Å². The van der Waals surface area contributed by atoms with Gasteiger partial charge in [-0.25, -0.2) is 0 Å². The van der Waals surface area contributed by atoms with Crippen molar-refractivity contribution in [2.75, 3.05) is 27.8 Å². The maximum absolute atomic E-state index is 12.9. The number of hydrogen-bond acceptors (Lipinski definition) is 5. The average molecular weight is 415 g/mol. The Labute approximate surface area is 177 Å². The molecule has 0 aliphatic heterocycles. The van der Waals surface area contributed by atoms with E-state index >= 15 is 0 Å². The van der Waals surface area contributed by atoms with Crippen LogP contribution in [0.25, 0.3) is 0 Å². The van der Waals surface area contributed by atoms with E-state index < -0.39 is 0 Å². The Hall–Kier alpha value is -3.22. The third kappa shape index (κ3) is 6.40. The zero-order chi connectivity index (χ0) is 22.3. The van der Waals surface area contributed by atoms with E-state index in [-0.39, 0.29) is 23.9 Å². The first kappa shape index (κ1) is 23.1. The molecule has 2 aromatic carbocycles. The molecule has 2 amide bonds. The van der Waals surface area contributed by atoms with Gasteiger partial charge >= 0.3 is 0 Å². The van der Waals surface area contributed by atoms with Crippen LogP contribution in [0.3, 0.4) is 0 Å². The van der Waals surface area contributed by atoms with Crippen LogP contribution in [0.4, 0.5) is 0 Å². The smallest absolute Gasteiger partial charge is 0.254 e. The number of amides is 2. The fourth-order valence-electron chi connectivity index (χ4n) is 2.84. The maximum Gasteiger partial charge on any atom is 0.254 e. The van der Waals surface area contributed by atoms with Crippen molar-refractivity contribution in [1.29, 1.82) is 0 Å². The summed E-state index contributed by atoms with van der Waals surface area (Å²) >= 11 is 0. The minimum absolute atomic E-state index is 0.0625. The van der Waals surface area contributed by atoms with Gasteiger partial charge in [0, 0.05) is 18.2 Å². The second kappa shape index (κ2) is 10.0. The summed E-state index contributed by atoms with van der Waals surface area (Å²) in [6.07, 6.45) is 0. The molecule has 162 valence electrons. The summed E-state index contributed by atoms with van der Waals surface area (Å²) < 4.78 is 16.8. The van der Waals surface area contributed by atoms with Gasteiger partial charge in [-0.2, -0.15) is 0 Å². The molecule has 0 spiro atoms. The Morgan fingerprint density at radius 2 is 1.57 bits per heavy atom. The quantitative estimate of drug-likeness (QED) is 0.717. The zero-order valence-corrected chi connectivity index (χ0v) is 18.4. The van der Waals surface area contributed by atoms with E-state index in [0.717, 1.165) is 5.56 Å².